The van der Waals surface area contributed by atoms with E-state index in [2.05, 4.69) is 5.32 Å². The summed E-state index contributed by atoms with van der Waals surface area (Å²) in [7, 11) is 0. The molecule has 0 unspecified atom stereocenters. The minimum atomic E-state index is -1.58. The fourth-order valence-electron chi connectivity index (χ4n) is 2.81. The third kappa shape index (κ3) is 7.81. The number of ether oxygens (including phenoxy) is 3. The van der Waals surface area contributed by atoms with Crippen molar-refractivity contribution < 1.29 is 33.4 Å². The van der Waals surface area contributed by atoms with E-state index in [9.17, 15) is 19.2 Å². The molecule has 0 aromatic heterocycles. The summed E-state index contributed by atoms with van der Waals surface area (Å²) < 4.78 is 15.0. The molecule has 0 aliphatic carbocycles. The first-order valence-electron chi connectivity index (χ1n) is 10.7. The number of benzene rings is 2. The molecule has 10 nitrogen and oxygen atoms in total. The minimum absolute atomic E-state index is 0.0396. The number of nitrogens with two attached hydrogens (primary N) is 1. The normalized spacial score (nSPS) is 10.9. The molecule has 10 heteroatoms. The number of carbonyl (C=O) groups is 4. The highest BCUT2D eigenvalue weighted by atomic mass is 16.6. The highest BCUT2D eigenvalue weighted by molar-refractivity contribution is 6.06. The number of hydrogen-bond donors (Lipinski definition) is 3. The highest BCUT2D eigenvalue weighted by Gasteiger charge is 2.31. The van der Waals surface area contributed by atoms with Crippen molar-refractivity contribution in [3.63, 3.8) is 0 Å². The molecule has 2 aromatic rings. The van der Waals surface area contributed by atoms with Crippen molar-refractivity contribution in [2.75, 3.05) is 13.2 Å². The second-order valence-corrected chi connectivity index (χ2v) is 7.19. The maximum Gasteiger partial charge on any atom is 0.343 e. The Morgan fingerprint density at radius 1 is 0.914 bits per heavy atom. The molecule has 0 aliphatic rings. The lowest BCUT2D eigenvalue weighted by Gasteiger charge is -2.16. The SMILES string of the molecule is CCOC(=O)C(NC(=O)/C(C)=C/c1ccc(C(=O)Oc2ccc(C(=N)N)cc2)cc1)C(=O)OCC. The Hall–Kier alpha value is -4.47. The lowest BCUT2D eigenvalue weighted by molar-refractivity contribution is -0.159. The summed E-state index contributed by atoms with van der Waals surface area (Å²) in [4.78, 5) is 49.0. The number of esters is 3. The molecule has 2 aromatic carbocycles. The van der Waals surface area contributed by atoms with Crippen LogP contribution in [0.1, 0.15) is 42.3 Å². The first-order chi connectivity index (χ1) is 16.7. The topological polar surface area (TPSA) is 158 Å². The monoisotopic (exact) mass is 481 g/mol. The van der Waals surface area contributed by atoms with Crippen molar-refractivity contribution in [1.82, 2.24) is 5.32 Å². The Kier molecular flexibility index (Phi) is 9.71. The third-order valence-corrected chi connectivity index (χ3v) is 4.58. The maximum atomic E-state index is 12.5. The van der Waals surface area contributed by atoms with Crippen LogP contribution in [0.3, 0.4) is 0 Å². The number of rotatable bonds is 10. The molecule has 1 amide bonds. The van der Waals surface area contributed by atoms with Crippen molar-refractivity contribution in [2.45, 2.75) is 26.8 Å². The zero-order valence-corrected chi connectivity index (χ0v) is 19.6. The van der Waals surface area contributed by atoms with Gasteiger partial charge in [0.2, 0.25) is 11.9 Å². The molecule has 0 atom stereocenters. The molecular weight excluding hydrogens is 454 g/mol. The van der Waals surface area contributed by atoms with Crippen LogP contribution in [0.15, 0.2) is 54.1 Å². The van der Waals surface area contributed by atoms with E-state index >= 15 is 0 Å². The van der Waals surface area contributed by atoms with Gasteiger partial charge in [0.1, 0.15) is 11.6 Å². The van der Waals surface area contributed by atoms with Crippen LogP contribution in [0.4, 0.5) is 0 Å². The second-order valence-electron chi connectivity index (χ2n) is 7.19. The third-order valence-electron chi connectivity index (χ3n) is 4.58. The predicted octanol–water partition coefficient (Wildman–Crippen LogP) is 2.20. The van der Waals surface area contributed by atoms with Gasteiger partial charge < -0.3 is 25.3 Å². The molecule has 0 saturated heterocycles. The standard InChI is InChI=1S/C25H27N3O7/c1-4-33-24(31)20(25(32)34-5-2)28-22(29)15(3)14-16-6-8-18(9-7-16)23(30)35-19-12-10-17(11-13-19)21(26)27/h6-14,20H,4-5H2,1-3H3,(H3,26,27)(H,28,29)/b15-14+. The largest absolute Gasteiger partial charge is 0.464 e. The van der Waals surface area contributed by atoms with E-state index in [0.717, 1.165) is 0 Å². The van der Waals surface area contributed by atoms with Gasteiger partial charge in [0.25, 0.3) is 0 Å². The number of nitrogen functional groups attached to an aromatic ring is 1. The van der Waals surface area contributed by atoms with Gasteiger partial charge in [0.05, 0.1) is 18.8 Å². The van der Waals surface area contributed by atoms with Crippen LogP contribution in [-0.2, 0) is 23.9 Å². The van der Waals surface area contributed by atoms with Crippen molar-refractivity contribution in [2.24, 2.45) is 5.73 Å². The second kappa shape index (κ2) is 12.7. The van der Waals surface area contributed by atoms with Crippen LogP contribution in [-0.4, -0.2) is 48.9 Å². The summed E-state index contributed by atoms with van der Waals surface area (Å²) in [5.41, 5.74) is 7.01. The van der Waals surface area contributed by atoms with E-state index in [0.29, 0.717) is 16.9 Å². The van der Waals surface area contributed by atoms with Gasteiger partial charge in [-0.3, -0.25) is 10.2 Å². The number of nitrogens with one attached hydrogen (secondary N) is 2. The van der Waals surface area contributed by atoms with Gasteiger partial charge >= 0.3 is 17.9 Å². The molecule has 0 aliphatic heterocycles. The average Bonchev–Trinajstić information content (AvgIpc) is 2.83. The molecule has 2 rings (SSSR count). The maximum absolute atomic E-state index is 12.5. The van der Waals surface area contributed by atoms with Crippen LogP contribution >= 0.6 is 0 Å². The lowest BCUT2D eigenvalue weighted by atomic mass is 10.1. The summed E-state index contributed by atoms with van der Waals surface area (Å²) in [5.74, 6) is -2.86. The van der Waals surface area contributed by atoms with Crippen LogP contribution in [0, 0.1) is 5.41 Å². The fourth-order valence-corrected chi connectivity index (χ4v) is 2.81. The molecule has 35 heavy (non-hydrogen) atoms. The number of amidine groups is 1. The lowest BCUT2D eigenvalue weighted by Crippen LogP contribution is -2.48. The average molecular weight is 482 g/mol. The molecule has 0 fully saturated rings. The van der Waals surface area contributed by atoms with Gasteiger partial charge in [0.15, 0.2) is 0 Å². The van der Waals surface area contributed by atoms with Gasteiger partial charge in [-0.2, -0.15) is 0 Å². The van der Waals surface area contributed by atoms with Gasteiger partial charge in [0, 0.05) is 11.1 Å². The molecule has 184 valence electrons. The molecule has 0 radical (unpaired) electrons. The minimum Gasteiger partial charge on any atom is -0.464 e. The van der Waals surface area contributed by atoms with Crippen LogP contribution in [0.25, 0.3) is 6.08 Å². The predicted molar refractivity (Wildman–Crippen MR) is 128 cm³/mol. The molecule has 0 heterocycles. The molecular formula is C25H27N3O7. The zero-order chi connectivity index (χ0) is 26.0. The summed E-state index contributed by atoms with van der Waals surface area (Å²) in [6, 6.07) is 10.9. The summed E-state index contributed by atoms with van der Waals surface area (Å²) in [5, 5.41) is 9.70. The first-order valence-corrected chi connectivity index (χ1v) is 10.7. The number of hydrogen-bond acceptors (Lipinski definition) is 8. The number of carbonyl (C=O) groups excluding carboxylic acids is 4. The van der Waals surface area contributed by atoms with Crippen LogP contribution < -0.4 is 15.8 Å². The van der Waals surface area contributed by atoms with Gasteiger partial charge in [-0.15, -0.1) is 0 Å². The molecule has 0 saturated carbocycles. The van der Waals surface area contributed by atoms with Crippen molar-refractivity contribution in [3.05, 3.63) is 70.8 Å². The zero-order valence-electron chi connectivity index (χ0n) is 19.6. The van der Waals surface area contributed by atoms with E-state index in [4.69, 9.17) is 25.4 Å². The van der Waals surface area contributed by atoms with E-state index in [1.165, 1.54) is 37.3 Å². The quantitative estimate of drug-likeness (QED) is 0.116. The highest BCUT2D eigenvalue weighted by Crippen LogP contribution is 2.15. The molecule has 0 bridgehead atoms. The molecule has 0 spiro atoms. The fraction of sp³-hybridized carbons (Fsp3) is 0.240. The van der Waals surface area contributed by atoms with Crippen LogP contribution in [0.2, 0.25) is 0 Å². The Labute approximate surface area is 202 Å². The van der Waals surface area contributed by atoms with Gasteiger partial charge in [-0.1, -0.05) is 12.1 Å². The summed E-state index contributed by atoms with van der Waals surface area (Å²) in [6.07, 6.45) is 1.53. The molecule has 4 N–H and O–H groups in total. The Bertz CT molecular complexity index is 1100. The first kappa shape index (κ1) is 26.8. The summed E-state index contributed by atoms with van der Waals surface area (Å²) >= 11 is 0. The van der Waals surface area contributed by atoms with E-state index in [1.807, 2.05) is 0 Å². The van der Waals surface area contributed by atoms with Gasteiger partial charge in [-0.05, 0) is 68.8 Å². The van der Waals surface area contributed by atoms with E-state index in [1.54, 1.807) is 38.1 Å². The van der Waals surface area contributed by atoms with Crippen molar-refractivity contribution in [3.8, 4) is 5.75 Å². The van der Waals surface area contributed by atoms with Crippen LogP contribution in [0.5, 0.6) is 5.75 Å². The van der Waals surface area contributed by atoms with Gasteiger partial charge in [-0.25, -0.2) is 14.4 Å². The smallest absolute Gasteiger partial charge is 0.343 e. The summed E-state index contributed by atoms with van der Waals surface area (Å²) in [6.45, 7) is 4.75. The number of amides is 1. The van der Waals surface area contributed by atoms with Crippen molar-refractivity contribution >= 4 is 35.7 Å². The van der Waals surface area contributed by atoms with E-state index in [-0.39, 0.29) is 30.2 Å². The van der Waals surface area contributed by atoms with Crippen molar-refractivity contribution in [1.29, 1.82) is 5.41 Å². The Morgan fingerprint density at radius 2 is 1.43 bits per heavy atom. The Morgan fingerprint density at radius 3 is 1.91 bits per heavy atom. The van der Waals surface area contributed by atoms with E-state index < -0.39 is 29.9 Å². The Balaban J connectivity index is 2.06.